The van der Waals surface area contributed by atoms with Crippen LogP contribution in [-0.4, -0.2) is 19.1 Å². The van der Waals surface area contributed by atoms with Crippen LogP contribution in [0.1, 0.15) is 46.0 Å². The van der Waals surface area contributed by atoms with Crippen LogP contribution >= 0.6 is 0 Å². The van der Waals surface area contributed by atoms with Gasteiger partial charge < -0.3 is 11.1 Å². The molecule has 2 nitrogen and oxygen atoms in total. The molecule has 2 aliphatic rings. The first-order valence-electron chi connectivity index (χ1n) is 6.59. The van der Waals surface area contributed by atoms with Gasteiger partial charge in [-0.15, -0.1) is 0 Å². The third-order valence-corrected chi connectivity index (χ3v) is 3.99. The number of rotatable bonds is 7. The van der Waals surface area contributed by atoms with Crippen molar-refractivity contribution >= 4 is 0 Å². The minimum absolute atomic E-state index is 0.347. The molecule has 2 aliphatic carbocycles. The van der Waals surface area contributed by atoms with E-state index in [9.17, 15) is 0 Å². The Labute approximate surface area is 94.0 Å². The molecular weight excluding hydrogens is 184 g/mol. The van der Waals surface area contributed by atoms with Crippen LogP contribution in [0.15, 0.2) is 0 Å². The molecule has 0 bridgehead atoms. The summed E-state index contributed by atoms with van der Waals surface area (Å²) in [5.41, 5.74) is 6.77. The van der Waals surface area contributed by atoms with Crippen LogP contribution in [0, 0.1) is 17.3 Å². The molecule has 0 amide bonds. The van der Waals surface area contributed by atoms with Gasteiger partial charge >= 0.3 is 0 Å². The molecule has 3 N–H and O–H groups in total. The summed E-state index contributed by atoms with van der Waals surface area (Å²) in [6.07, 6.45) is 7.04. The molecule has 2 heteroatoms. The normalized spacial score (nSPS) is 25.6. The van der Waals surface area contributed by atoms with Gasteiger partial charge in [0.15, 0.2) is 0 Å². The third-order valence-electron chi connectivity index (χ3n) is 3.99. The first-order chi connectivity index (χ1) is 7.12. The summed E-state index contributed by atoms with van der Waals surface area (Å²) in [4.78, 5) is 0. The molecule has 0 aliphatic heterocycles. The maximum atomic E-state index is 6.05. The van der Waals surface area contributed by atoms with E-state index in [1.807, 2.05) is 0 Å². The summed E-state index contributed by atoms with van der Waals surface area (Å²) in [5.74, 6) is 1.78. The van der Waals surface area contributed by atoms with E-state index < -0.39 is 0 Å². The second-order valence-corrected chi connectivity index (χ2v) is 6.16. The molecule has 0 radical (unpaired) electrons. The van der Waals surface area contributed by atoms with Gasteiger partial charge in [-0.25, -0.2) is 0 Å². The lowest BCUT2D eigenvalue weighted by molar-refractivity contribution is 0.383. The smallest absolute Gasteiger partial charge is 0.0167 e. The highest BCUT2D eigenvalue weighted by Gasteiger charge is 2.53. The van der Waals surface area contributed by atoms with E-state index in [4.69, 9.17) is 5.73 Å². The molecule has 0 heterocycles. The summed E-state index contributed by atoms with van der Waals surface area (Å²) in [6, 6.07) is 0.347. The molecule has 15 heavy (non-hydrogen) atoms. The van der Waals surface area contributed by atoms with Crippen LogP contribution in [0.3, 0.4) is 0 Å². The van der Waals surface area contributed by atoms with Gasteiger partial charge in [0.1, 0.15) is 0 Å². The highest BCUT2D eigenvalue weighted by molar-refractivity contribution is 5.05. The topological polar surface area (TPSA) is 38.0 Å². The van der Waals surface area contributed by atoms with Crippen molar-refractivity contribution in [2.75, 3.05) is 13.1 Å². The molecule has 0 aromatic rings. The zero-order chi connectivity index (χ0) is 10.9. The van der Waals surface area contributed by atoms with E-state index in [1.165, 1.54) is 32.2 Å². The Balaban J connectivity index is 1.58. The first-order valence-corrected chi connectivity index (χ1v) is 6.59. The summed E-state index contributed by atoms with van der Waals surface area (Å²) in [7, 11) is 0. The van der Waals surface area contributed by atoms with Gasteiger partial charge in [0.2, 0.25) is 0 Å². The van der Waals surface area contributed by atoms with Gasteiger partial charge in [-0.1, -0.05) is 13.8 Å². The number of nitrogens with one attached hydrogen (secondary N) is 1. The van der Waals surface area contributed by atoms with Crippen molar-refractivity contribution in [2.24, 2.45) is 23.0 Å². The first kappa shape index (κ1) is 11.4. The SMILES string of the molecule is CC(C)CC(N)CNCC1(C2CC2)CC1. The molecule has 1 unspecified atom stereocenters. The van der Waals surface area contributed by atoms with Crippen molar-refractivity contribution in [1.29, 1.82) is 0 Å². The van der Waals surface area contributed by atoms with Crippen LogP contribution in [0.5, 0.6) is 0 Å². The van der Waals surface area contributed by atoms with E-state index >= 15 is 0 Å². The fourth-order valence-corrected chi connectivity index (χ4v) is 2.78. The van der Waals surface area contributed by atoms with Crippen LogP contribution < -0.4 is 11.1 Å². The van der Waals surface area contributed by atoms with Crippen LogP contribution in [-0.2, 0) is 0 Å². The summed E-state index contributed by atoms with van der Waals surface area (Å²) in [5, 5.41) is 3.59. The zero-order valence-electron chi connectivity index (χ0n) is 10.3. The zero-order valence-corrected chi connectivity index (χ0v) is 10.3. The average Bonchev–Trinajstić information content (AvgIpc) is 2.98. The van der Waals surface area contributed by atoms with Gasteiger partial charge in [0, 0.05) is 19.1 Å². The predicted octanol–water partition coefficient (Wildman–Crippen LogP) is 2.14. The highest BCUT2D eigenvalue weighted by Crippen LogP contribution is 2.60. The summed E-state index contributed by atoms with van der Waals surface area (Å²) < 4.78 is 0. The molecular formula is C13H26N2. The van der Waals surface area contributed by atoms with Crippen molar-refractivity contribution in [2.45, 2.75) is 52.0 Å². The number of hydrogen-bond donors (Lipinski definition) is 2. The monoisotopic (exact) mass is 210 g/mol. The Kier molecular flexibility index (Phi) is 3.36. The van der Waals surface area contributed by atoms with Crippen LogP contribution in [0.2, 0.25) is 0 Å². The largest absolute Gasteiger partial charge is 0.327 e. The molecule has 0 spiro atoms. The van der Waals surface area contributed by atoms with Gasteiger partial charge in [0.05, 0.1) is 0 Å². The second-order valence-electron chi connectivity index (χ2n) is 6.16. The maximum absolute atomic E-state index is 6.05. The maximum Gasteiger partial charge on any atom is 0.0167 e. The Hall–Kier alpha value is -0.0800. The van der Waals surface area contributed by atoms with Gasteiger partial charge in [-0.3, -0.25) is 0 Å². The van der Waals surface area contributed by atoms with Crippen molar-refractivity contribution < 1.29 is 0 Å². The molecule has 2 fully saturated rings. The molecule has 1 atom stereocenters. The molecule has 0 aromatic carbocycles. The fourth-order valence-electron chi connectivity index (χ4n) is 2.78. The predicted molar refractivity (Wildman–Crippen MR) is 64.7 cm³/mol. The standard InChI is InChI=1S/C13H26N2/c1-10(2)7-12(14)8-15-9-13(5-6-13)11-3-4-11/h10-12,15H,3-9,14H2,1-2H3. The Morgan fingerprint density at radius 3 is 2.47 bits per heavy atom. The molecule has 88 valence electrons. The van der Waals surface area contributed by atoms with Crippen molar-refractivity contribution in [3.63, 3.8) is 0 Å². The van der Waals surface area contributed by atoms with E-state index in [0.717, 1.165) is 30.2 Å². The average molecular weight is 210 g/mol. The van der Waals surface area contributed by atoms with E-state index in [2.05, 4.69) is 19.2 Å². The lowest BCUT2D eigenvalue weighted by Crippen LogP contribution is -2.37. The fraction of sp³-hybridized carbons (Fsp3) is 1.00. The second kappa shape index (κ2) is 4.42. The Morgan fingerprint density at radius 1 is 1.33 bits per heavy atom. The third kappa shape index (κ3) is 3.18. The lowest BCUT2D eigenvalue weighted by atomic mass is 10.00. The quantitative estimate of drug-likeness (QED) is 0.675. The Bertz CT molecular complexity index is 205. The molecule has 2 rings (SSSR count). The van der Waals surface area contributed by atoms with Crippen molar-refractivity contribution in [1.82, 2.24) is 5.32 Å². The van der Waals surface area contributed by atoms with Gasteiger partial charge in [-0.05, 0) is 49.4 Å². The van der Waals surface area contributed by atoms with Crippen molar-refractivity contribution in [3.05, 3.63) is 0 Å². The summed E-state index contributed by atoms with van der Waals surface area (Å²) >= 11 is 0. The molecule has 0 saturated heterocycles. The number of hydrogen-bond acceptors (Lipinski definition) is 2. The van der Waals surface area contributed by atoms with E-state index in [-0.39, 0.29) is 0 Å². The van der Waals surface area contributed by atoms with E-state index in [0.29, 0.717) is 6.04 Å². The summed E-state index contributed by atoms with van der Waals surface area (Å²) in [6.45, 7) is 6.72. The lowest BCUT2D eigenvalue weighted by Gasteiger charge is -2.19. The highest BCUT2D eigenvalue weighted by atomic mass is 14.9. The molecule has 0 aromatic heterocycles. The van der Waals surface area contributed by atoms with Gasteiger partial charge in [-0.2, -0.15) is 0 Å². The minimum Gasteiger partial charge on any atom is -0.327 e. The van der Waals surface area contributed by atoms with Crippen molar-refractivity contribution in [3.8, 4) is 0 Å². The van der Waals surface area contributed by atoms with Crippen LogP contribution in [0.4, 0.5) is 0 Å². The van der Waals surface area contributed by atoms with Gasteiger partial charge in [0.25, 0.3) is 0 Å². The number of nitrogens with two attached hydrogens (primary N) is 1. The van der Waals surface area contributed by atoms with Crippen LogP contribution in [0.25, 0.3) is 0 Å². The minimum atomic E-state index is 0.347. The molecule has 2 saturated carbocycles. The van der Waals surface area contributed by atoms with E-state index in [1.54, 1.807) is 0 Å². The Morgan fingerprint density at radius 2 is 2.00 bits per heavy atom.